The SMILES string of the molecule is c1ccc(-n2nnnc2SCc2ccc(OC[C@@H]3CCCO3)cc2)cc1. The van der Waals surface area contributed by atoms with Crippen molar-refractivity contribution in [3.05, 3.63) is 60.2 Å². The van der Waals surface area contributed by atoms with Crippen molar-refractivity contribution in [1.82, 2.24) is 20.2 Å². The summed E-state index contributed by atoms with van der Waals surface area (Å²) in [5.74, 6) is 1.67. The fourth-order valence-corrected chi connectivity index (χ4v) is 3.64. The third kappa shape index (κ3) is 4.23. The first kappa shape index (κ1) is 17.1. The van der Waals surface area contributed by atoms with E-state index in [0.29, 0.717) is 6.61 Å². The first-order valence-corrected chi connectivity index (χ1v) is 9.67. The predicted octanol–water partition coefficient (Wildman–Crippen LogP) is 3.51. The number of ether oxygens (including phenoxy) is 2. The smallest absolute Gasteiger partial charge is 0.214 e. The van der Waals surface area contributed by atoms with Crippen molar-refractivity contribution < 1.29 is 9.47 Å². The van der Waals surface area contributed by atoms with Crippen LogP contribution in [0.15, 0.2) is 59.8 Å². The molecule has 1 aromatic heterocycles. The van der Waals surface area contributed by atoms with Crippen molar-refractivity contribution in [3.63, 3.8) is 0 Å². The van der Waals surface area contributed by atoms with E-state index in [9.17, 15) is 0 Å². The van der Waals surface area contributed by atoms with Gasteiger partial charge in [0.2, 0.25) is 5.16 Å². The van der Waals surface area contributed by atoms with Gasteiger partial charge < -0.3 is 9.47 Å². The average molecular weight is 368 g/mol. The normalized spacial score (nSPS) is 16.7. The summed E-state index contributed by atoms with van der Waals surface area (Å²) in [7, 11) is 0. The molecule has 1 aliphatic heterocycles. The third-order valence-corrected chi connectivity index (χ3v) is 5.18. The Labute approximate surface area is 156 Å². The van der Waals surface area contributed by atoms with Gasteiger partial charge in [0, 0.05) is 12.4 Å². The predicted molar refractivity (Wildman–Crippen MR) is 99.6 cm³/mol. The molecular formula is C19H20N4O2S. The van der Waals surface area contributed by atoms with Gasteiger partial charge >= 0.3 is 0 Å². The molecule has 0 spiro atoms. The minimum Gasteiger partial charge on any atom is -0.491 e. The molecule has 7 heteroatoms. The van der Waals surface area contributed by atoms with Crippen LogP contribution in [0.3, 0.4) is 0 Å². The van der Waals surface area contributed by atoms with Gasteiger partial charge in [-0.25, -0.2) is 0 Å². The molecule has 0 radical (unpaired) electrons. The van der Waals surface area contributed by atoms with Gasteiger partial charge in [0.05, 0.1) is 11.8 Å². The van der Waals surface area contributed by atoms with E-state index < -0.39 is 0 Å². The molecule has 1 atom stereocenters. The molecule has 6 nitrogen and oxygen atoms in total. The minimum absolute atomic E-state index is 0.238. The lowest BCUT2D eigenvalue weighted by molar-refractivity contribution is 0.0679. The van der Waals surface area contributed by atoms with E-state index in [2.05, 4.69) is 27.7 Å². The topological polar surface area (TPSA) is 62.1 Å². The van der Waals surface area contributed by atoms with Crippen LogP contribution in [0.1, 0.15) is 18.4 Å². The maximum atomic E-state index is 5.80. The number of rotatable bonds is 7. The number of hydrogen-bond donors (Lipinski definition) is 0. The molecule has 0 N–H and O–H groups in total. The van der Waals surface area contributed by atoms with E-state index in [1.165, 1.54) is 5.56 Å². The Balaban J connectivity index is 1.33. The van der Waals surface area contributed by atoms with Crippen molar-refractivity contribution in [3.8, 4) is 11.4 Å². The molecule has 0 amide bonds. The van der Waals surface area contributed by atoms with E-state index in [0.717, 1.165) is 41.8 Å². The van der Waals surface area contributed by atoms with Gasteiger partial charge in [-0.1, -0.05) is 42.1 Å². The Hall–Kier alpha value is -2.38. The highest BCUT2D eigenvalue weighted by atomic mass is 32.2. The Bertz CT molecular complexity index is 817. The fourth-order valence-electron chi connectivity index (χ4n) is 2.79. The van der Waals surface area contributed by atoms with Gasteiger partial charge in [0.25, 0.3) is 0 Å². The van der Waals surface area contributed by atoms with Gasteiger partial charge in [-0.15, -0.1) is 5.10 Å². The molecular weight excluding hydrogens is 348 g/mol. The Morgan fingerprint density at radius 3 is 2.73 bits per heavy atom. The zero-order valence-corrected chi connectivity index (χ0v) is 15.1. The first-order chi connectivity index (χ1) is 12.9. The number of hydrogen-bond acceptors (Lipinski definition) is 6. The number of aromatic nitrogens is 4. The Morgan fingerprint density at radius 1 is 1.12 bits per heavy atom. The summed E-state index contributed by atoms with van der Waals surface area (Å²) < 4.78 is 13.1. The van der Waals surface area contributed by atoms with Crippen LogP contribution in [0.25, 0.3) is 5.69 Å². The quantitative estimate of drug-likeness (QED) is 0.595. The van der Waals surface area contributed by atoms with Crippen LogP contribution in [0, 0.1) is 0 Å². The Morgan fingerprint density at radius 2 is 1.96 bits per heavy atom. The Kier molecular flexibility index (Phi) is 5.47. The lowest BCUT2D eigenvalue weighted by atomic mass is 10.2. The van der Waals surface area contributed by atoms with Crippen molar-refractivity contribution in [2.24, 2.45) is 0 Å². The van der Waals surface area contributed by atoms with Crippen LogP contribution in [0.4, 0.5) is 0 Å². The number of tetrazole rings is 1. The van der Waals surface area contributed by atoms with Crippen molar-refractivity contribution in [2.45, 2.75) is 29.9 Å². The summed E-state index contributed by atoms with van der Waals surface area (Å²) in [5, 5.41) is 12.8. The zero-order chi connectivity index (χ0) is 17.6. The number of benzene rings is 2. The van der Waals surface area contributed by atoms with Crippen LogP contribution in [-0.2, 0) is 10.5 Å². The summed E-state index contributed by atoms with van der Waals surface area (Å²) in [6.07, 6.45) is 2.46. The summed E-state index contributed by atoms with van der Waals surface area (Å²) in [4.78, 5) is 0. The standard InChI is InChI=1S/C19H20N4O2S/c1-2-5-16(6-3-1)23-19(20-21-22-23)26-14-15-8-10-17(11-9-15)25-13-18-7-4-12-24-18/h1-3,5-6,8-11,18H,4,7,12-14H2/t18-/m0/s1. The van der Waals surface area contributed by atoms with Crippen LogP contribution < -0.4 is 4.74 Å². The summed E-state index contributed by atoms with van der Waals surface area (Å²) in [6.45, 7) is 1.48. The minimum atomic E-state index is 0.238. The van der Waals surface area contributed by atoms with Crippen molar-refractivity contribution in [2.75, 3.05) is 13.2 Å². The number of para-hydroxylation sites is 1. The molecule has 4 rings (SSSR count). The van der Waals surface area contributed by atoms with Gasteiger partial charge in [0.1, 0.15) is 12.4 Å². The number of thioether (sulfide) groups is 1. The van der Waals surface area contributed by atoms with Gasteiger partial charge in [-0.3, -0.25) is 0 Å². The molecule has 1 saturated heterocycles. The zero-order valence-electron chi connectivity index (χ0n) is 14.3. The molecule has 0 unspecified atom stereocenters. The average Bonchev–Trinajstić information content (AvgIpc) is 3.38. The van der Waals surface area contributed by atoms with Crippen LogP contribution in [0.5, 0.6) is 5.75 Å². The first-order valence-electron chi connectivity index (χ1n) is 8.68. The van der Waals surface area contributed by atoms with Crippen molar-refractivity contribution in [1.29, 1.82) is 0 Å². The molecule has 2 heterocycles. The fraction of sp³-hybridized carbons (Fsp3) is 0.316. The lowest BCUT2D eigenvalue weighted by Gasteiger charge is -2.11. The lowest BCUT2D eigenvalue weighted by Crippen LogP contribution is -2.16. The van der Waals surface area contributed by atoms with E-state index in [-0.39, 0.29) is 6.10 Å². The molecule has 0 bridgehead atoms. The third-order valence-electron chi connectivity index (χ3n) is 4.19. The summed E-state index contributed by atoms with van der Waals surface area (Å²) in [5.41, 5.74) is 2.15. The van der Waals surface area contributed by atoms with E-state index in [1.807, 2.05) is 42.5 Å². The summed E-state index contributed by atoms with van der Waals surface area (Å²) in [6, 6.07) is 18.1. The molecule has 26 heavy (non-hydrogen) atoms. The molecule has 2 aromatic carbocycles. The molecule has 1 fully saturated rings. The largest absolute Gasteiger partial charge is 0.491 e. The maximum Gasteiger partial charge on any atom is 0.214 e. The molecule has 1 aliphatic rings. The van der Waals surface area contributed by atoms with Crippen LogP contribution in [-0.4, -0.2) is 39.5 Å². The van der Waals surface area contributed by atoms with Crippen LogP contribution in [0.2, 0.25) is 0 Å². The van der Waals surface area contributed by atoms with Gasteiger partial charge in [0.15, 0.2) is 0 Å². The van der Waals surface area contributed by atoms with E-state index in [1.54, 1.807) is 16.4 Å². The van der Waals surface area contributed by atoms with E-state index >= 15 is 0 Å². The highest BCUT2D eigenvalue weighted by molar-refractivity contribution is 7.98. The van der Waals surface area contributed by atoms with Crippen LogP contribution >= 0.6 is 11.8 Å². The molecule has 0 saturated carbocycles. The molecule has 134 valence electrons. The maximum absolute atomic E-state index is 5.80. The van der Waals surface area contributed by atoms with Gasteiger partial charge in [-0.05, 0) is 53.1 Å². The molecule has 0 aliphatic carbocycles. The second-order valence-corrected chi connectivity index (χ2v) is 7.03. The number of nitrogens with zero attached hydrogens (tertiary/aromatic N) is 4. The summed E-state index contributed by atoms with van der Waals surface area (Å²) >= 11 is 1.61. The van der Waals surface area contributed by atoms with Gasteiger partial charge in [-0.2, -0.15) is 4.68 Å². The second kappa shape index (κ2) is 8.33. The highest BCUT2D eigenvalue weighted by Crippen LogP contribution is 2.24. The monoisotopic (exact) mass is 368 g/mol. The van der Waals surface area contributed by atoms with E-state index in [4.69, 9.17) is 9.47 Å². The second-order valence-electron chi connectivity index (χ2n) is 6.09. The van der Waals surface area contributed by atoms with Crippen molar-refractivity contribution >= 4 is 11.8 Å². The molecule has 3 aromatic rings. The highest BCUT2D eigenvalue weighted by Gasteiger charge is 2.16.